The molecule has 1 fully saturated rings. The Balaban J connectivity index is 2.07. The quantitative estimate of drug-likeness (QED) is 0.600. The smallest absolute Gasteiger partial charge is 0.231 e. The van der Waals surface area contributed by atoms with Crippen molar-refractivity contribution in [2.75, 3.05) is 6.61 Å². The predicted molar refractivity (Wildman–Crippen MR) is 41.4 cm³/mol. The molecule has 0 N–H and O–H groups in total. The number of hydrogen-bond acceptors (Lipinski definition) is 2. The second kappa shape index (κ2) is 2.24. The second-order valence-corrected chi connectivity index (χ2v) is 2.84. The first kappa shape index (κ1) is 6.68. The fourth-order valence-corrected chi connectivity index (χ4v) is 0.898. The van der Waals surface area contributed by atoms with E-state index in [4.69, 9.17) is 9.47 Å². The van der Waals surface area contributed by atoms with Crippen LogP contribution in [0, 0.1) is 0 Å². The molecular formula is C9H10O2. The van der Waals surface area contributed by atoms with Gasteiger partial charge in [0.1, 0.15) is 12.4 Å². The Morgan fingerprint density at radius 2 is 2.00 bits per heavy atom. The van der Waals surface area contributed by atoms with Gasteiger partial charge in [-0.1, -0.05) is 18.2 Å². The van der Waals surface area contributed by atoms with Crippen LogP contribution in [0.15, 0.2) is 30.3 Å². The Hall–Kier alpha value is -1.02. The fourth-order valence-electron chi connectivity index (χ4n) is 0.898. The van der Waals surface area contributed by atoms with E-state index in [9.17, 15) is 0 Å². The van der Waals surface area contributed by atoms with Crippen LogP contribution in [0.1, 0.15) is 6.92 Å². The molecule has 58 valence electrons. The van der Waals surface area contributed by atoms with Gasteiger partial charge >= 0.3 is 0 Å². The minimum absolute atomic E-state index is 0.346. The lowest BCUT2D eigenvalue weighted by Crippen LogP contribution is -2.14. The molecule has 1 aromatic carbocycles. The zero-order chi connectivity index (χ0) is 7.73. The summed E-state index contributed by atoms with van der Waals surface area (Å²) in [4.78, 5) is 0. The van der Waals surface area contributed by atoms with Crippen LogP contribution in [0.3, 0.4) is 0 Å². The van der Waals surface area contributed by atoms with Crippen LogP contribution < -0.4 is 4.74 Å². The van der Waals surface area contributed by atoms with E-state index in [2.05, 4.69) is 0 Å². The number of ether oxygens (including phenoxy) is 2. The van der Waals surface area contributed by atoms with Gasteiger partial charge in [0.15, 0.2) is 0 Å². The lowest BCUT2D eigenvalue weighted by molar-refractivity contribution is 0.0803. The SMILES string of the molecule is CC1(Oc2ccccc2)CO1. The van der Waals surface area contributed by atoms with Gasteiger partial charge in [-0.25, -0.2) is 0 Å². The summed E-state index contributed by atoms with van der Waals surface area (Å²) in [5, 5.41) is 0. The zero-order valence-corrected chi connectivity index (χ0v) is 6.41. The van der Waals surface area contributed by atoms with Gasteiger partial charge in [-0.3, -0.25) is 0 Å². The molecule has 1 aliphatic heterocycles. The Labute approximate surface area is 65.7 Å². The summed E-state index contributed by atoms with van der Waals surface area (Å²) in [6.45, 7) is 2.63. The molecule has 0 radical (unpaired) electrons. The first-order valence-electron chi connectivity index (χ1n) is 3.67. The van der Waals surface area contributed by atoms with Gasteiger partial charge < -0.3 is 9.47 Å². The number of para-hydroxylation sites is 1. The Kier molecular flexibility index (Phi) is 1.36. The lowest BCUT2D eigenvalue weighted by atomic mass is 10.3. The Morgan fingerprint density at radius 1 is 1.36 bits per heavy atom. The van der Waals surface area contributed by atoms with E-state index in [0.29, 0.717) is 6.61 Å². The largest absolute Gasteiger partial charge is 0.460 e. The molecule has 0 amide bonds. The van der Waals surface area contributed by atoms with Crippen LogP contribution in [0.2, 0.25) is 0 Å². The molecule has 11 heavy (non-hydrogen) atoms. The summed E-state index contributed by atoms with van der Waals surface area (Å²) in [5.41, 5.74) is 0. The van der Waals surface area contributed by atoms with E-state index in [0.717, 1.165) is 5.75 Å². The van der Waals surface area contributed by atoms with Crippen molar-refractivity contribution in [3.8, 4) is 5.75 Å². The van der Waals surface area contributed by atoms with Gasteiger partial charge in [0, 0.05) is 6.92 Å². The van der Waals surface area contributed by atoms with Gasteiger partial charge in [-0.05, 0) is 12.1 Å². The highest BCUT2D eigenvalue weighted by Gasteiger charge is 2.42. The number of benzene rings is 1. The third-order valence-corrected chi connectivity index (χ3v) is 1.63. The lowest BCUT2D eigenvalue weighted by Gasteiger charge is -2.08. The summed E-state index contributed by atoms with van der Waals surface area (Å²) in [6.07, 6.45) is 0. The molecule has 2 rings (SSSR count). The zero-order valence-electron chi connectivity index (χ0n) is 6.41. The number of epoxide rings is 1. The molecule has 1 unspecified atom stereocenters. The Morgan fingerprint density at radius 3 is 2.55 bits per heavy atom. The van der Waals surface area contributed by atoms with E-state index >= 15 is 0 Å². The molecule has 1 heterocycles. The topological polar surface area (TPSA) is 21.8 Å². The molecule has 0 saturated carbocycles. The van der Waals surface area contributed by atoms with Gasteiger partial charge in [-0.2, -0.15) is 0 Å². The molecular weight excluding hydrogens is 140 g/mol. The molecule has 1 atom stereocenters. The highest BCUT2D eigenvalue weighted by atomic mass is 16.8. The minimum atomic E-state index is -0.346. The van der Waals surface area contributed by atoms with Crippen molar-refractivity contribution in [1.29, 1.82) is 0 Å². The third-order valence-electron chi connectivity index (χ3n) is 1.63. The van der Waals surface area contributed by atoms with Crippen molar-refractivity contribution in [2.24, 2.45) is 0 Å². The standard InChI is InChI=1S/C9H10O2/c1-9(7-10-9)11-8-5-3-2-4-6-8/h2-6H,7H2,1H3. The van der Waals surface area contributed by atoms with Gasteiger partial charge in [0.25, 0.3) is 0 Å². The van der Waals surface area contributed by atoms with Crippen LogP contribution in [0.25, 0.3) is 0 Å². The van der Waals surface area contributed by atoms with Crippen molar-refractivity contribution >= 4 is 0 Å². The molecule has 1 aliphatic rings. The molecule has 0 aromatic heterocycles. The van der Waals surface area contributed by atoms with Crippen LogP contribution in [0.5, 0.6) is 5.75 Å². The van der Waals surface area contributed by atoms with E-state index in [1.165, 1.54) is 0 Å². The maximum atomic E-state index is 5.49. The molecule has 2 nitrogen and oxygen atoms in total. The summed E-state index contributed by atoms with van der Waals surface area (Å²) >= 11 is 0. The highest BCUT2D eigenvalue weighted by molar-refractivity contribution is 5.22. The first-order valence-corrected chi connectivity index (χ1v) is 3.67. The van der Waals surface area contributed by atoms with Crippen LogP contribution in [0.4, 0.5) is 0 Å². The molecule has 2 heteroatoms. The third kappa shape index (κ3) is 1.52. The van der Waals surface area contributed by atoms with E-state index in [-0.39, 0.29) is 5.79 Å². The van der Waals surface area contributed by atoms with Crippen LogP contribution in [-0.4, -0.2) is 12.4 Å². The van der Waals surface area contributed by atoms with Crippen molar-refractivity contribution in [3.63, 3.8) is 0 Å². The first-order chi connectivity index (χ1) is 5.29. The van der Waals surface area contributed by atoms with E-state index in [1.807, 2.05) is 37.3 Å². The molecule has 0 aliphatic carbocycles. The van der Waals surface area contributed by atoms with Crippen molar-refractivity contribution in [3.05, 3.63) is 30.3 Å². The number of rotatable bonds is 2. The van der Waals surface area contributed by atoms with Crippen LogP contribution >= 0.6 is 0 Å². The maximum absolute atomic E-state index is 5.49. The Bertz CT molecular complexity index is 239. The van der Waals surface area contributed by atoms with E-state index in [1.54, 1.807) is 0 Å². The van der Waals surface area contributed by atoms with Crippen LogP contribution in [-0.2, 0) is 4.74 Å². The minimum Gasteiger partial charge on any atom is -0.460 e. The summed E-state index contributed by atoms with van der Waals surface area (Å²) in [6, 6.07) is 9.70. The normalized spacial score (nSPS) is 28.1. The van der Waals surface area contributed by atoms with Gasteiger partial charge in [0.2, 0.25) is 5.79 Å². The van der Waals surface area contributed by atoms with Crippen molar-refractivity contribution < 1.29 is 9.47 Å². The molecule has 0 spiro atoms. The number of hydrogen-bond donors (Lipinski definition) is 0. The summed E-state index contributed by atoms with van der Waals surface area (Å²) in [7, 11) is 0. The van der Waals surface area contributed by atoms with Crippen molar-refractivity contribution in [2.45, 2.75) is 12.7 Å². The predicted octanol–water partition coefficient (Wildman–Crippen LogP) is 1.81. The molecule has 0 bridgehead atoms. The van der Waals surface area contributed by atoms with E-state index < -0.39 is 0 Å². The second-order valence-electron chi connectivity index (χ2n) is 2.84. The monoisotopic (exact) mass is 150 g/mol. The average Bonchev–Trinajstić information content (AvgIpc) is 2.70. The molecule has 1 saturated heterocycles. The summed E-state index contributed by atoms with van der Waals surface area (Å²) in [5.74, 6) is 0.522. The maximum Gasteiger partial charge on any atom is 0.231 e. The summed E-state index contributed by atoms with van der Waals surface area (Å²) < 4.78 is 10.6. The van der Waals surface area contributed by atoms with Gasteiger partial charge in [-0.15, -0.1) is 0 Å². The fraction of sp³-hybridized carbons (Fsp3) is 0.333. The average molecular weight is 150 g/mol. The van der Waals surface area contributed by atoms with Crippen molar-refractivity contribution in [1.82, 2.24) is 0 Å². The van der Waals surface area contributed by atoms with Gasteiger partial charge in [0.05, 0.1) is 0 Å². The highest BCUT2D eigenvalue weighted by Crippen LogP contribution is 2.29. The molecule has 1 aromatic rings.